The molecule has 1 rings (SSSR count). The second kappa shape index (κ2) is 11.9. The summed E-state index contributed by atoms with van der Waals surface area (Å²) in [6.07, 6.45) is 10.6. The molecule has 0 bridgehead atoms. The van der Waals surface area contributed by atoms with Gasteiger partial charge in [0.2, 0.25) is 0 Å². The van der Waals surface area contributed by atoms with Crippen molar-refractivity contribution < 1.29 is 9.53 Å². The molecule has 27 heavy (non-hydrogen) atoms. The van der Waals surface area contributed by atoms with Crippen LogP contribution < -0.4 is 9.16 Å². The predicted octanol–water partition coefficient (Wildman–Crippen LogP) is 5.88. The van der Waals surface area contributed by atoms with Gasteiger partial charge >= 0.3 is 170 Å². The molecule has 0 aromatic carbocycles. The van der Waals surface area contributed by atoms with Gasteiger partial charge in [0, 0.05) is 0 Å². The Morgan fingerprint density at radius 2 is 1.41 bits per heavy atom. The van der Waals surface area contributed by atoms with Gasteiger partial charge in [0.15, 0.2) is 0 Å². The van der Waals surface area contributed by atoms with E-state index in [0.29, 0.717) is 5.69 Å². The molecule has 0 fully saturated rings. The zero-order valence-corrected chi connectivity index (χ0v) is 21.1. The van der Waals surface area contributed by atoms with E-state index >= 15 is 0 Å². The molecule has 1 aromatic heterocycles. The Morgan fingerprint density at radius 3 is 1.78 bits per heavy atom. The molecule has 154 valence electrons. The zero-order chi connectivity index (χ0) is 20.3. The molecule has 0 spiro atoms. The monoisotopic (exact) mass is 485 g/mol. The minimum absolute atomic E-state index is 0.462. The molecular formula is C21H39N3O2Sn. The van der Waals surface area contributed by atoms with Gasteiger partial charge < -0.3 is 0 Å². The van der Waals surface area contributed by atoms with Crippen molar-refractivity contribution in [1.29, 1.82) is 0 Å². The average molecular weight is 484 g/mol. The molecule has 0 unspecified atom stereocenters. The van der Waals surface area contributed by atoms with E-state index in [9.17, 15) is 4.79 Å². The Balaban J connectivity index is 2.98. The Bertz CT molecular complexity index is 534. The first-order chi connectivity index (χ1) is 12.8. The number of ether oxygens (including phenoxy) is 1. The Labute approximate surface area is 170 Å². The summed E-state index contributed by atoms with van der Waals surface area (Å²) >= 11 is -2.60. The number of carbonyl (C=O) groups is 1. The van der Waals surface area contributed by atoms with E-state index in [-0.39, 0.29) is 0 Å². The fourth-order valence-corrected chi connectivity index (χ4v) is 18.2. The van der Waals surface area contributed by atoms with Crippen molar-refractivity contribution in [2.75, 3.05) is 5.32 Å². The Morgan fingerprint density at radius 1 is 0.963 bits per heavy atom. The molecule has 1 amide bonds. The predicted molar refractivity (Wildman–Crippen MR) is 116 cm³/mol. The summed E-state index contributed by atoms with van der Waals surface area (Å²) in [5, 5.41) is 2.74. The number of nitrogens with zero attached hydrogens (tertiary/aromatic N) is 2. The number of amides is 1. The van der Waals surface area contributed by atoms with E-state index in [1.807, 2.05) is 20.8 Å². The van der Waals surface area contributed by atoms with Crippen LogP contribution in [0.3, 0.4) is 0 Å². The number of unbranched alkanes of at least 4 members (excludes halogenated alkanes) is 3. The Kier molecular flexibility index (Phi) is 10.6. The second-order valence-corrected chi connectivity index (χ2v) is 21.4. The summed E-state index contributed by atoms with van der Waals surface area (Å²) in [7, 11) is 0. The maximum atomic E-state index is 12.0. The van der Waals surface area contributed by atoms with Crippen LogP contribution in [0.5, 0.6) is 0 Å². The molecular weight excluding hydrogens is 445 g/mol. The molecule has 0 aliphatic rings. The van der Waals surface area contributed by atoms with Crippen molar-refractivity contribution in [1.82, 2.24) is 9.97 Å². The van der Waals surface area contributed by atoms with E-state index in [1.165, 1.54) is 51.8 Å². The van der Waals surface area contributed by atoms with Gasteiger partial charge in [-0.1, -0.05) is 0 Å². The number of hydrogen-bond acceptors (Lipinski definition) is 4. The van der Waals surface area contributed by atoms with Crippen molar-refractivity contribution in [2.45, 2.75) is 99.0 Å². The van der Waals surface area contributed by atoms with Gasteiger partial charge in [-0.3, -0.25) is 0 Å². The SMILES string of the molecule is CCC[CH2][Sn]([CH2]CCC)([CH2]CCC)[c]1ncc(NC(=O)OC(C)(C)C)cn1. The third kappa shape index (κ3) is 8.79. The number of carbonyl (C=O) groups excluding carboxylic acids is 1. The summed E-state index contributed by atoms with van der Waals surface area (Å²) in [5.41, 5.74) is 0.0893. The Hall–Kier alpha value is -0.851. The van der Waals surface area contributed by atoms with Gasteiger partial charge in [-0.2, -0.15) is 0 Å². The van der Waals surface area contributed by atoms with E-state index in [1.54, 1.807) is 12.4 Å². The molecule has 1 aromatic rings. The number of rotatable bonds is 11. The normalized spacial score (nSPS) is 12.1. The molecule has 5 nitrogen and oxygen atoms in total. The van der Waals surface area contributed by atoms with Crippen molar-refractivity contribution in [3.05, 3.63) is 12.4 Å². The quantitative estimate of drug-likeness (QED) is 0.399. The van der Waals surface area contributed by atoms with Gasteiger partial charge in [0.25, 0.3) is 0 Å². The first-order valence-electron chi connectivity index (χ1n) is 10.6. The van der Waals surface area contributed by atoms with Gasteiger partial charge in [-0.25, -0.2) is 0 Å². The van der Waals surface area contributed by atoms with Crippen molar-refractivity contribution in [3.8, 4) is 0 Å². The maximum absolute atomic E-state index is 12.0. The fraction of sp³-hybridized carbons (Fsp3) is 0.762. The molecule has 6 heteroatoms. The summed E-state index contributed by atoms with van der Waals surface area (Å²) in [6, 6.07) is 0. The van der Waals surface area contributed by atoms with E-state index < -0.39 is 30.1 Å². The van der Waals surface area contributed by atoms with Crippen LogP contribution in [-0.4, -0.2) is 40.0 Å². The van der Waals surface area contributed by atoms with E-state index in [4.69, 9.17) is 14.7 Å². The molecule has 0 radical (unpaired) electrons. The average Bonchev–Trinajstić information content (AvgIpc) is 2.60. The van der Waals surface area contributed by atoms with Gasteiger partial charge in [0.05, 0.1) is 0 Å². The third-order valence-corrected chi connectivity index (χ3v) is 19.5. The van der Waals surface area contributed by atoms with Crippen LogP contribution in [0.2, 0.25) is 13.3 Å². The third-order valence-electron chi connectivity index (χ3n) is 4.80. The summed E-state index contributed by atoms with van der Waals surface area (Å²) in [4.78, 5) is 21.5. The summed E-state index contributed by atoms with van der Waals surface area (Å²) in [5.74, 6) is 0. The topological polar surface area (TPSA) is 64.1 Å². The first kappa shape index (κ1) is 24.2. The van der Waals surface area contributed by atoms with E-state index in [0.717, 1.165) is 3.84 Å². The van der Waals surface area contributed by atoms with Gasteiger partial charge in [0.1, 0.15) is 0 Å². The van der Waals surface area contributed by atoms with Gasteiger partial charge in [-0.05, 0) is 0 Å². The van der Waals surface area contributed by atoms with Crippen molar-refractivity contribution in [3.63, 3.8) is 0 Å². The standard InChI is InChI=1S/C9H12N3O2.3C4H9.Sn/c1-9(2,3)14-8(13)12-7-4-10-6-11-5-7;3*1-3-4-2;/h4-5H,1-3H3,(H,12,13);3*1,3-4H2,2H3;. The van der Waals surface area contributed by atoms with Crippen molar-refractivity contribution >= 4 is 34.0 Å². The molecule has 0 aliphatic carbocycles. The number of hydrogen-bond donors (Lipinski definition) is 1. The first-order valence-corrected chi connectivity index (χ1v) is 18.1. The van der Waals surface area contributed by atoms with Crippen LogP contribution in [-0.2, 0) is 4.74 Å². The van der Waals surface area contributed by atoms with Crippen LogP contribution >= 0.6 is 0 Å². The van der Waals surface area contributed by atoms with E-state index in [2.05, 4.69) is 26.1 Å². The number of aromatic nitrogens is 2. The molecule has 0 aliphatic heterocycles. The van der Waals surface area contributed by atoms with Crippen LogP contribution in [0, 0.1) is 0 Å². The van der Waals surface area contributed by atoms with Crippen molar-refractivity contribution in [2.24, 2.45) is 0 Å². The molecule has 0 saturated carbocycles. The zero-order valence-electron chi connectivity index (χ0n) is 18.2. The summed E-state index contributed by atoms with van der Waals surface area (Å²) in [6.45, 7) is 12.4. The fourth-order valence-electron chi connectivity index (χ4n) is 3.34. The van der Waals surface area contributed by atoms with Crippen LogP contribution in [0.1, 0.15) is 80.1 Å². The molecule has 0 atom stereocenters. The van der Waals surface area contributed by atoms with Crippen LogP contribution in [0.15, 0.2) is 12.4 Å². The summed E-state index contributed by atoms with van der Waals surface area (Å²) < 4.78 is 10.5. The second-order valence-electron chi connectivity index (χ2n) is 8.51. The van der Waals surface area contributed by atoms with Crippen LogP contribution in [0.4, 0.5) is 10.5 Å². The van der Waals surface area contributed by atoms with Crippen LogP contribution in [0.25, 0.3) is 0 Å². The minimum atomic E-state index is -2.60. The number of anilines is 1. The molecule has 1 heterocycles. The number of nitrogens with one attached hydrogen (secondary N) is 1. The van der Waals surface area contributed by atoms with Gasteiger partial charge in [-0.15, -0.1) is 0 Å². The molecule has 1 N–H and O–H groups in total. The molecule has 0 saturated heterocycles.